The second-order valence-electron chi connectivity index (χ2n) is 4.75. The van der Waals surface area contributed by atoms with Crippen LogP contribution in [0, 0.1) is 0 Å². The summed E-state index contributed by atoms with van der Waals surface area (Å²) in [7, 11) is 0. The van der Waals surface area contributed by atoms with Crippen molar-refractivity contribution in [3.8, 4) is 0 Å². The van der Waals surface area contributed by atoms with Crippen LogP contribution in [-0.2, 0) is 4.74 Å². The van der Waals surface area contributed by atoms with Gasteiger partial charge in [-0.25, -0.2) is 0 Å². The van der Waals surface area contributed by atoms with Crippen LogP contribution in [0.2, 0.25) is 0 Å². The number of aliphatic hydroxyl groups excluding tert-OH is 1. The molecule has 1 rings (SSSR count). The molecule has 1 saturated heterocycles. The Morgan fingerprint density at radius 2 is 1.73 bits per heavy atom. The molecule has 1 atom stereocenters. The lowest BCUT2D eigenvalue weighted by Gasteiger charge is -2.23. The Hall–Kier alpha value is -0.120. The fraction of sp³-hybridized carbons (Fsp3) is 1.00. The molecule has 1 fully saturated rings. The van der Waals surface area contributed by atoms with Crippen molar-refractivity contribution in [2.24, 2.45) is 0 Å². The molecule has 0 amide bonds. The Kier molecular flexibility index (Phi) is 6.22. The summed E-state index contributed by atoms with van der Waals surface area (Å²) in [6, 6.07) is 0. The van der Waals surface area contributed by atoms with E-state index in [-0.39, 0.29) is 12.2 Å². The van der Waals surface area contributed by atoms with Gasteiger partial charge in [-0.15, -0.1) is 0 Å². The molecule has 1 aliphatic rings. The van der Waals surface area contributed by atoms with E-state index in [0.29, 0.717) is 6.61 Å². The van der Waals surface area contributed by atoms with Gasteiger partial charge in [-0.2, -0.15) is 0 Å². The van der Waals surface area contributed by atoms with Gasteiger partial charge in [-0.05, 0) is 39.8 Å². The summed E-state index contributed by atoms with van der Waals surface area (Å²) >= 11 is 0. The van der Waals surface area contributed by atoms with Crippen molar-refractivity contribution >= 4 is 0 Å². The van der Waals surface area contributed by atoms with Gasteiger partial charge in [0, 0.05) is 6.54 Å². The SMILES string of the molecule is CC(C)OCC(O)CN1CCCCCC1. The molecule has 0 spiro atoms. The summed E-state index contributed by atoms with van der Waals surface area (Å²) in [5.74, 6) is 0. The predicted octanol–water partition coefficient (Wildman–Crippen LogP) is 1.65. The molecule has 0 aromatic heterocycles. The first-order chi connectivity index (χ1) is 7.18. The van der Waals surface area contributed by atoms with Crippen LogP contribution in [0.15, 0.2) is 0 Å². The molecule has 15 heavy (non-hydrogen) atoms. The minimum absolute atomic E-state index is 0.212. The van der Waals surface area contributed by atoms with Crippen molar-refractivity contribution in [3.05, 3.63) is 0 Å². The Bertz CT molecular complexity index is 154. The van der Waals surface area contributed by atoms with Crippen molar-refractivity contribution in [2.45, 2.75) is 51.7 Å². The van der Waals surface area contributed by atoms with E-state index in [9.17, 15) is 5.11 Å². The van der Waals surface area contributed by atoms with Gasteiger partial charge >= 0.3 is 0 Å². The second kappa shape index (κ2) is 7.20. The minimum Gasteiger partial charge on any atom is -0.389 e. The molecular weight excluding hydrogens is 190 g/mol. The van der Waals surface area contributed by atoms with Crippen LogP contribution in [0.25, 0.3) is 0 Å². The van der Waals surface area contributed by atoms with E-state index >= 15 is 0 Å². The zero-order chi connectivity index (χ0) is 11.1. The van der Waals surface area contributed by atoms with Crippen LogP contribution >= 0.6 is 0 Å². The monoisotopic (exact) mass is 215 g/mol. The predicted molar refractivity (Wildman–Crippen MR) is 62.0 cm³/mol. The van der Waals surface area contributed by atoms with Crippen molar-refractivity contribution in [1.29, 1.82) is 0 Å². The van der Waals surface area contributed by atoms with E-state index in [1.807, 2.05) is 13.8 Å². The number of β-amino-alcohol motifs (C(OH)–C–C–N with tert-alkyl or cyclic N) is 1. The van der Waals surface area contributed by atoms with Crippen molar-refractivity contribution in [3.63, 3.8) is 0 Å². The molecule has 90 valence electrons. The maximum absolute atomic E-state index is 9.78. The zero-order valence-electron chi connectivity index (χ0n) is 10.1. The maximum atomic E-state index is 9.78. The van der Waals surface area contributed by atoms with Crippen LogP contribution < -0.4 is 0 Å². The van der Waals surface area contributed by atoms with Crippen LogP contribution in [0.3, 0.4) is 0 Å². The van der Waals surface area contributed by atoms with Gasteiger partial charge < -0.3 is 14.7 Å². The van der Waals surface area contributed by atoms with Crippen LogP contribution in [-0.4, -0.2) is 48.5 Å². The largest absolute Gasteiger partial charge is 0.389 e. The average Bonchev–Trinajstić information content (AvgIpc) is 2.43. The highest BCUT2D eigenvalue weighted by Crippen LogP contribution is 2.10. The van der Waals surface area contributed by atoms with Crippen molar-refractivity contribution in [2.75, 3.05) is 26.2 Å². The molecule has 0 bridgehead atoms. The lowest BCUT2D eigenvalue weighted by molar-refractivity contribution is -0.00805. The molecule has 1 unspecified atom stereocenters. The van der Waals surface area contributed by atoms with Crippen LogP contribution in [0.1, 0.15) is 39.5 Å². The van der Waals surface area contributed by atoms with Crippen LogP contribution in [0.5, 0.6) is 0 Å². The number of aliphatic hydroxyl groups is 1. The third-order valence-corrected chi connectivity index (χ3v) is 2.79. The minimum atomic E-state index is -0.328. The number of rotatable bonds is 5. The molecule has 0 aromatic rings. The molecule has 3 nitrogen and oxygen atoms in total. The lowest BCUT2D eigenvalue weighted by Crippen LogP contribution is -2.36. The first-order valence-electron chi connectivity index (χ1n) is 6.20. The molecule has 1 N–H and O–H groups in total. The van der Waals surface area contributed by atoms with Gasteiger partial charge in [0.25, 0.3) is 0 Å². The molecule has 0 radical (unpaired) electrons. The molecule has 0 aliphatic carbocycles. The van der Waals surface area contributed by atoms with E-state index in [2.05, 4.69) is 4.90 Å². The molecule has 0 aromatic carbocycles. The summed E-state index contributed by atoms with van der Waals surface area (Å²) in [6.07, 6.45) is 5.12. The number of hydrogen-bond donors (Lipinski definition) is 1. The quantitative estimate of drug-likeness (QED) is 0.757. The third kappa shape index (κ3) is 6.13. The van der Waals surface area contributed by atoms with E-state index in [0.717, 1.165) is 19.6 Å². The van der Waals surface area contributed by atoms with Gasteiger partial charge in [0.05, 0.1) is 18.8 Å². The van der Waals surface area contributed by atoms with Gasteiger partial charge in [-0.3, -0.25) is 0 Å². The van der Waals surface area contributed by atoms with Gasteiger partial charge in [0.2, 0.25) is 0 Å². The smallest absolute Gasteiger partial charge is 0.0900 e. The van der Waals surface area contributed by atoms with Gasteiger partial charge in [-0.1, -0.05) is 12.8 Å². The number of nitrogens with zero attached hydrogens (tertiary/aromatic N) is 1. The highest BCUT2D eigenvalue weighted by molar-refractivity contribution is 4.67. The summed E-state index contributed by atoms with van der Waals surface area (Å²) < 4.78 is 5.40. The fourth-order valence-corrected chi connectivity index (χ4v) is 1.97. The first-order valence-corrected chi connectivity index (χ1v) is 6.20. The Morgan fingerprint density at radius 1 is 1.13 bits per heavy atom. The molecule has 1 aliphatic heterocycles. The first kappa shape index (κ1) is 12.9. The summed E-state index contributed by atoms with van der Waals surface area (Å²) in [5, 5.41) is 9.78. The summed E-state index contributed by atoms with van der Waals surface area (Å²) in [5.41, 5.74) is 0. The van der Waals surface area contributed by atoms with Crippen molar-refractivity contribution < 1.29 is 9.84 Å². The summed E-state index contributed by atoms with van der Waals surface area (Å²) in [6.45, 7) is 7.51. The highest BCUT2D eigenvalue weighted by atomic mass is 16.5. The Morgan fingerprint density at radius 3 is 2.27 bits per heavy atom. The Balaban J connectivity index is 2.14. The maximum Gasteiger partial charge on any atom is 0.0900 e. The summed E-state index contributed by atoms with van der Waals surface area (Å²) in [4.78, 5) is 2.36. The number of likely N-dealkylation sites (tertiary alicyclic amines) is 1. The fourth-order valence-electron chi connectivity index (χ4n) is 1.97. The van der Waals surface area contributed by atoms with Gasteiger partial charge in [0.15, 0.2) is 0 Å². The Labute approximate surface area is 93.4 Å². The molecule has 3 heteroatoms. The van der Waals surface area contributed by atoms with Crippen molar-refractivity contribution in [1.82, 2.24) is 4.90 Å². The van der Waals surface area contributed by atoms with Gasteiger partial charge in [0.1, 0.15) is 0 Å². The molecule has 1 heterocycles. The van der Waals surface area contributed by atoms with E-state index in [4.69, 9.17) is 4.74 Å². The number of ether oxygens (including phenoxy) is 1. The van der Waals surface area contributed by atoms with E-state index < -0.39 is 0 Å². The standard InChI is InChI=1S/C12H25NO2/c1-11(2)15-10-12(14)9-13-7-5-3-4-6-8-13/h11-12,14H,3-10H2,1-2H3. The number of hydrogen-bond acceptors (Lipinski definition) is 3. The average molecular weight is 215 g/mol. The molecule has 0 saturated carbocycles. The second-order valence-corrected chi connectivity index (χ2v) is 4.75. The normalized spacial score (nSPS) is 21.6. The topological polar surface area (TPSA) is 32.7 Å². The lowest BCUT2D eigenvalue weighted by atomic mass is 10.2. The third-order valence-electron chi connectivity index (χ3n) is 2.79. The molecular formula is C12H25NO2. The van der Waals surface area contributed by atoms with E-state index in [1.165, 1.54) is 25.7 Å². The highest BCUT2D eigenvalue weighted by Gasteiger charge is 2.13. The zero-order valence-corrected chi connectivity index (χ0v) is 10.1. The van der Waals surface area contributed by atoms with E-state index in [1.54, 1.807) is 0 Å². The van der Waals surface area contributed by atoms with Crippen LogP contribution in [0.4, 0.5) is 0 Å².